The fourth-order valence-corrected chi connectivity index (χ4v) is 1.95. The molecule has 0 amide bonds. The molecule has 5 heteroatoms. The molecule has 17 heavy (non-hydrogen) atoms. The highest BCUT2D eigenvalue weighted by atomic mass is 35.5. The zero-order chi connectivity index (χ0) is 12.3. The van der Waals surface area contributed by atoms with Crippen LogP contribution in [0.15, 0.2) is 41.2 Å². The summed E-state index contributed by atoms with van der Waals surface area (Å²) in [6.45, 7) is 0. The number of hydrogen-bond acceptors (Lipinski definition) is 4. The van der Waals surface area contributed by atoms with Gasteiger partial charge in [0.25, 0.3) is 0 Å². The molecule has 4 nitrogen and oxygen atoms in total. The maximum absolute atomic E-state index is 5.92. The molecular formula is C12H14ClN3O. The summed E-state index contributed by atoms with van der Waals surface area (Å²) in [4.78, 5) is 0. The molecular weight excluding hydrogens is 238 g/mol. The Labute approximate surface area is 105 Å². The van der Waals surface area contributed by atoms with E-state index in [0.29, 0.717) is 17.1 Å². The Balaban J connectivity index is 2.23. The summed E-state index contributed by atoms with van der Waals surface area (Å²) < 4.78 is 5.02. The van der Waals surface area contributed by atoms with Crippen molar-refractivity contribution < 1.29 is 4.42 Å². The summed E-state index contributed by atoms with van der Waals surface area (Å²) in [6, 6.07) is 7.23. The lowest BCUT2D eigenvalue weighted by molar-refractivity contribution is 0.537. The van der Waals surface area contributed by atoms with E-state index in [0.717, 1.165) is 11.1 Å². The van der Waals surface area contributed by atoms with Crippen LogP contribution in [0.1, 0.15) is 17.2 Å². The number of hydrogen-bond donors (Lipinski definition) is 3. The van der Waals surface area contributed by atoms with Crippen LogP contribution in [0.5, 0.6) is 0 Å². The molecule has 2 aromatic rings. The molecule has 1 heterocycles. The van der Waals surface area contributed by atoms with Crippen LogP contribution in [0.3, 0.4) is 0 Å². The molecule has 2 rings (SSSR count). The lowest BCUT2D eigenvalue weighted by Crippen LogP contribution is -2.30. The van der Waals surface area contributed by atoms with Crippen molar-refractivity contribution in [3.8, 4) is 0 Å². The van der Waals surface area contributed by atoms with Crippen LogP contribution in [0.4, 0.5) is 5.69 Å². The third-order valence-corrected chi connectivity index (χ3v) is 2.88. The Morgan fingerprint density at radius 2 is 2.18 bits per heavy atom. The number of nitrogens with one attached hydrogen (secondary N) is 1. The second-order valence-corrected chi connectivity index (χ2v) is 4.26. The van der Waals surface area contributed by atoms with Gasteiger partial charge in [-0.25, -0.2) is 0 Å². The van der Waals surface area contributed by atoms with Crippen molar-refractivity contribution in [3.63, 3.8) is 0 Å². The largest absolute Gasteiger partial charge is 0.472 e. The summed E-state index contributed by atoms with van der Waals surface area (Å²) in [7, 11) is 0. The van der Waals surface area contributed by atoms with Crippen LogP contribution >= 0.6 is 11.6 Å². The van der Waals surface area contributed by atoms with Gasteiger partial charge in [-0.15, -0.1) is 0 Å². The van der Waals surface area contributed by atoms with Gasteiger partial charge < -0.3 is 10.2 Å². The first kappa shape index (κ1) is 12.0. The van der Waals surface area contributed by atoms with E-state index in [1.54, 1.807) is 24.7 Å². The molecule has 1 aromatic carbocycles. The van der Waals surface area contributed by atoms with Crippen LogP contribution in [0, 0.1) is 0 Å². The molecule has 0 spiro atoms. The summed E-state index contributed by atoms with van der Waals surface area (Å²) in [5.74, 6) is 5.56. The van der Waals surface area contributed by atoms with Crippen LogP contribution in [-0.4, -0.2) is 0 Å². The van der Waals surface area contributed by atoms with Gasteiger partial charge in [0.05, 0.1) is 18.6 Å². The molecule has 0 fully saturated rings. The Bertz CT molecular complexity index is 485. The Hall–Kier alpha value is -1.49. The molecule has 1 atom stereocenters. The molecule has 0 bridgehead atoms. The van der Waals surface area contributed by atoms with Crippen LogP contribution in [0.2, 0.25) is 5.02 Å². The second kappa shape index (κ2) is 5.23. The number of nitrogen functional groups attached to an aromatic ring is 1. The van der Waals surface area contributed by atoms with Gasteiger partial charge in [0.15, 0.2) is 0 Å². The molecule has 0 aliphatic carbocycles. The monoisotopic (exact) mass is 251 g/mol. The summed E-state index contributed by atoms with van der Waals surface area (Å²) in [5, 5.41) is 0.616. The van der Waals surface area contributed by atoms with Crippen molar-refractivity contribution in [2.75, 3.05) is 5.73 Å². The number of benzene rings is 1. The molecule has 0 aliphatic rings. The zero-order valence-electron chi connectivity index (χ0n) is 9.19. The average molecular weight is 252 g/mol. The van der Waals surface area contributed by atoms with Crippen molar-refractivity contribution in [1.82, 2.24) is 5.43 Å². The predicted octanol–water partition coefficient (Wildman–Crippen LogP) is 2.26. The zero-order valence-corrected chi connectivity index (χ0v) is 9.95. The van der Waals surface area contributed by atoms with Crippen LogP contribution in [-0.2, 0) is 6.42 Å². The van der Waals surface area contributed by atoms with E-state index in [-0.39, 0.29) is 6.04 Å². The van der Waals surface area contributed by atoms with E-state index in [1.165, 1.54) is 0 Å². The van der Waals surface area contributed by atoms with Crippen molar-refractivity contribution >= 4 is 17.3 Å². The van der Waals surface area contributed by atoms with E-state index in [4.69, 9.17) is 27.6 Å². The van der Waals surface area contributed by atoms with Crippen LogP contribution in [0.25, 0.3) is 0 Å². The van der Waals surface area contributed by atoms with Crippen LogP contribution < -0.4 is 17.0 Å². The van der Waals surface area contributed by atoms with Crippen molar-refractivity contribution in [2.24, 2.45) is 5.84 Å². The van der Waals surface area contributed by atoms with Gasteiger partial charge in [-0.3, -0.25) is 11.3 Å². The first-order valence-corrected chi connectivity index (χ1v) is 5.60. The fourth-order valence-electron chi connectivity index (χ4n) is 1.77. The van der Waals surface area contributed by atoms with Gasteiger partial charge in [0.1, 0.15) is 0 Å². The lowest BCUT2D eigenvalue weighted by Gasteiger charge is -2.17. The standard InChI is InChI=1S/C12H14ClN3O/c13-9-1-2-10(11(14)6-9)12(16-15)5-8-3-4-17-7-8/h1-4,6-7,12,16H,5,14-15H2. The Morgan fingerprint density at radius 3 is 2.76 bits per heavy atom. The molecule has 0 aliphatic heterocycles. The fraction of sp³-hybridized carbons (Fsp3) is 0.167. The third kappa shape index (κ3) is 2.79. The SMILES string of the molecule is NNC(Cc1ccoc1)c1ccc(Cl)cc1N. The third-order valence-electron chi connectivity index (χ3n) is 2.65. The first-order valence-electron chi connectivity index (χ1n) is 5.23. The minimum atomic E-state index is -0.0649. The van der Waals surface area contributed by atoms with E-state index < -0.39 is 0 Å². The van der Waals surface area contributed by atoms with E-state index >= 15 is 0 Å². The highest BCUT2D eigenvalue weighted by Crippen LogP contribution is 2.26. The van der Waals surface area contributed by atoms with E-state index in [1.807, 2.05) is 12.1 Å². The lowest BCUT2D eigenvalue weighted by atomic mass is 9.99. The maximum atomic E-state index is 5.92. The van der Waals surface area contributed by atoms with Gasteiger partial charge >= 0.3 is 0 Å². The normalized spacial score (nSPS) is 12.6. The molecule has 90 valence electrons. The highest BCUT2D eigenvalue weighted by molar-refractivity contribution is 6.30. The second-order valence-electron chi connectivity index (χ2n) is 3.83. The number of furan rings is 1. The van der Waals surface area contributed by atoms with E-state index in [9.17, 15) is 0 Å². The van der Waals surface area contributed by atoms with Gasteiger partial charge in [-0.2, -0.15) is 0 Å². The number of rotatable bonds is 4. The maximum Gasteiger partial charge on any atom is 0.0935 e. The average Bonchev–Trinajstić information content (AvgIpc) is 2.79. The summed E-state index contributed by atoms with van der Waals surface area (Å²) >= 11 is 5.86. The number of hydrazine groups is 1. The topological polar surface area (TPSA) is 77.2 Å². The summed E-state index contributed by atoms with van der Waals surface area (Å²) in [5.41, 5.74) is 11.3. The minimum absolute atomic E-state index is 0.0649. The van der Waals surface area contributed by atoms with Gasteiger partial charge in [0.2, 0.25) is 0 Å². The van der Waals surface area contributed by atoms with Gasteiger partial charge in [-0.1, -0.05) is 17.7 Å². The molecule has 1 aromatic heterocycles. The van der Waals surface area contributed by atoms with E-state index in [2.05, 4.69) is 5.43 Å². The molecule has 0 radical (unpaired) electrons. The number of halogens is 1. The minimum Gasteiger partial charge on any atom is -0.472 e. The number of anilines is 1. The number of nitrogens with two attached hydrogens (primary N) is 2. The quantitative estimate of drug-likeness (QED) is 0.443. The molecule has 0 saturated carbocycles. The molecule has 5 N–H and O–H groups in total. The molecule has 0 saturated heterocycles. The smallest absolute Gasteiger partial charge is 0.0935 e. The first-order chi connectivity index (χ1) is 8.20. The summed E-state index contributed by atoms with van der Waals surface area (Å²) in [6.07, 6.45) is 4.03. The van der Waals surface area contributed by atoms with Gasteiger partial charge in [0, 0.05) is 10.7 Å². The Kier molecular flexibility index (Phi) is 3.68. The Morgan fingerprint density at radius 1 is 1.35 bits per heavy atom. The van der Waals surface area contributed by atoms with Gasteiger partial charge in [-0.05, 0) is 35.7 Å². The highest BCUT2D eigenvalue weighted by Gasteiger charge is 2.14. The van der Waals surface area contributed by atoms with Crippen molar-refractivity contribution in [3.05, 3.63) is 52.9 Å². The molecule has 1 unspecified atom stereocenters. The van der Waals surface area contributed by atoms with Crippen molar-refractivity contribution in [2.45, 2.75) is 12.5 Å². The predicted molar refractivity (Wildman–Crippen MR) is 68.3 cm³/mol. The van der Waals surface area contributed by atoms with Crippen molar-refractivity contribution in [1.29, 1.82) is 0 Å².